The number of hydrogen-bond acceptors (Lipinski definition) is 4. The number of nitro groups is 1. The zero-order chi connectivity index (χ0) is 14.3. The topological polar surface area (TPSA) is 55.2 Å². The van der Waals surface area contributed by atoms with Gasteiger partial charge < -0.3 is 5.32 Å². The van der Waals surface area contributed by atoms with E-state index in [4.69, 9.17) is 11.6 Å². The van der Waals surface area contributed by atoms with Crippen molar-refractivity contribution in [2.75, 3.05) is 5.32 Å². The molecule has 1 heterocycles. The Labute approximate surface area is 123 Å². The van der Waals surface area contributed by atoms with E-state index in [1.54, 1.807) is 11.3 Å². The van der Waals surface area contributed by atoms with E-state index in [9.17, 15) is 14.5 Å². The minimum absolute atomic E-state index is 0.0233. The molecule has 3 rings (SSSR count). The third-order valence-electron chi connectivity index (χ3n) is 3.28. The summed E-state index contributed by atoms with van der Waals surface area (Å²) in [7, 11) is 0. The number of fused-ring (bicyclic) bond motifs is 1. The molecular weight excluding hydrogens is 303 g/mol. The summed E-state index contributed by atoms with van der Waals surface area (Å²) in [6.07, 6.45) is 1.80. The van der Waals surface area contributed by atoms with Gasteiger partial charge in [0.15, 0.2) is 0 Å². The van der Waals surface area contributed by atoms with E-state index in [0.717, 1.165) is 28.8 Å². The molecule has 0 radical (unpaired) electrons. The molecule has 104 valence electrons. The predicted molar refractivity (Wildman–Crippen MR) is 77.1 cm³/mol. The molecule has 1 aliphatic carbocycles. The third-order valence-corrected chi connectivity index (χ3v) is 4.62. The molecule has 0 amide bonds. The van der Waals surface area contributed by atoms with Gasteiger partial charge in [0.1, 0.15) is 5.82 Å². The van der Waals surface area contributed by atoms with Gasteiger partial charge in [-0.05, 0) is 30.5 Å². The minimum Gasteiger partial charge on any atom is -0.378 e. The van der Waals surface area contributed by atoms with Gasteiger partial charge in [0.05, 0.1) is 21.4 Å². The highest BCUT2D eigenvalue weighted by molar-refractivity contribution is 7.16. The quantitative estimate of drug-likeness (QED) is 0.668. The van der Waals surface area contributed by atoms with Crippen LogP contribution in [-0.2, 0) is 6.42 Å². The van der Waals surface area contributed by atoms with Gasteiger partial charge >= 0.3 is 0 Å². The van der Waals surface area contributed by atoms with Crippen molar-refractivity contribution in [3.63, 3.8) is 0 Å². The fourth-order valence-electron chi connectivity index (χ4n) is 2.44. The van der Waals surface area contributed by atoms with Gasteiger partial charge in [-0.1, -0.05) is 11.6 Å². The van der Waals surface area contributed by atoms with Crippen molar-refractivity contribution in [3.05, 3.63) is 55.0 Å². The summed E-state index contributed by atoms with van der Waals surface area (Å²) < 4.78 is 14.1. The smallest absolute Gasteiger partial charge is 0.274 e. The van der Waals surface area contributed by atoms with Crippen LogP contribution in [0, 0.1) is 15.9 Å². The highest BCUT2D eigenvalue weighted by Crippen LogP contribution is 2.41. The van der Waals surface area contributed by atoms with Gasteiger partial charge in [-0.3, -0.25) is 10.1 Å². The van der Waals surface area contributed by atoms with E-state index in [2.05, 4.69) is 5.32 Å². The standard InChI is InChI=1S/C13H10ClFN2O2S/c14-13-6-10-11(1-2-12(10)20-13)16-8-3-7(15)4-9(5-8)17(18)19/h3-6,11,16H,1-2H2. The Morgan fingerprint density at radius 1 is 1.40 bits per heavy atom. The zero-order valence-electron chi connectivity index (χ0n) is 10.2. The maximum absolute atomic E-state index is 13.4. The second kappa shape index (κ2) is 5.03. The maximum atomic E-state index is 13.4. The number of hydrogen-bond donors (Lipinski definition) is 1. The molecule has 0 spiro atoms. The van der Waals surface area contributed by atoms with Crippen molar-refractivity contribution in [3.8, 4) is 0 Å². The maximum Gasteiger partial charge on any atom is 0.274 e. The van der Waals surface area contributed by atoms with Crippen LogP contribution in [0.15, 0.2) is 24.3 Å². The van der Waals surface area contributed by atoms with Crippen LogP contribution < -0.4 is 5.32 Å². The van der Waals surface area contributed by atoms with Gasteiger partial charge in [0, 0.05) is 16.6 Å². The number of thiophene rings is 1. The number of anilines is 1. The van der Waals surface area contributed by atoms with Crippen LogP contribution in [-0.4, -0.2) is 4.92 Å². The molecule has 1 aromatic carbocycles. The highest BCUT2D eigenvalue weighted by Gasteiger charge is 2.25. The monoisotopic (exact) mass is 312 g/mol. The summed E-state index contributed by atoms with van der Waals surface area (Å²) in [5, 5.41) is 13.9. The van der Waals surface area contributed by atoms with Crippen LogP contribution in [0.4, 0.5) is 15.8 Å². The molecule has 4 nitrogen and oxygen atoms in total. The van der Waals surface area contributed by atoms with Crippen molar-refractivity contribution in [2.24, 2.45) is 0 Å². The Morgan fingerprint density at radius 2 is 2.20 bits per heavy atom. The van der Waals surface area contributed by atoms with Crippen molar-refractivity contribution in [1.29, 1.82) is 0 Å². The first-order valence-corrected chi connectivity index (χ1v) is 7.22. The zero-order valence-corrected chi connectivity index (χ0v) is 11.8. The van der Waals surface area contributed by atoms with E-state index < -0.39 is 10.7 Å². The fourth-order valence-corrected chi connectivity index (χ4v) is 3.80. The Morgan fingerprint density at radius 3 is 2.95 bits per heavy atom. The second-order valence-electron chi connectivity index (χ2n) is 4.62. The Bertz CT molecular complexity index is 689. The van der Waals surface area contributed by atoms with E-state index in [1.807, 2.05) is 6.07 Å². The summed E-state index contributed by atoms with van der Waals surface area (Å²) >= 11 is 7.53. The Kier molecular flexibility index (Phi) is 3.35. The molecule has 0 fully saturated rings. The van der Waals surface area contributed by atoms with Crippen LogP contribution in [0.25, 0.3) is 0 Å². The van der Waals surface area contributed by atoms with Gasteiger partial charge in [-0.15, -0.1) is 11.3 Å². The third kappa shape index (κ3) is 2.48. The summed E-state index contributed by atoms with van der Waals surface area (Å²) in [5.41, 5.74) is 1.26. The molecule has 7 heteroatoms. The van der Waals surface area contributed by atoms with Gasteiger partial charge in [-0.25, -0.2) is 4.39 Å². The Balaban J connectivity index is 1.87. The first kappa shape index (κ1) is 13.3. The molecule has 20 heavy (non-hydrogen) atoms. The van der Waals surface area contributed by atoms with E-state index in [-0.39, 0.29) is 11.7 Å². The highest BCUT2D eigenvalue weighted by atomic mass is 35.5. The SMILES string of the molecule is O=[N+]([O-])c1cc(F)cc(NC2CCc3sc(Cl)cc32)c1. The number of nitrogens with one attached hydrogen (secondary N) is 1. The van der Waals surface area contributed by atoms with Gasteiger partial charge in [-0.2, -0.15) is 0 Å². The summed E-state index contributed by atoms with van der Waals surface area (Å²) in [6.45, 7) is 0. The fraction of sp³-hybridized carbons (Fsp3) is 0.231. The van der Waals surface area contributed by atoms with Gasteiger partial charge in [0.25, 0.3) is 5.69 Å². The normalized spacial score (nSPS) is 17.0. The molecule has 0 aliphatic heterocycles. The average Bonchev–Trinajstić information content (AvgIpc) is 2.89. The average molecular weight is 313 g/mol. The van der Waals surface area contributed by atoms with Crippen LogP contribution in [0.2, 0.25) is 4.34 Å². The van der Waals surface area contributed by atoms with Crippen molar-refractivity contribution in [1.82, 2.24) is 0 Å². The van der Waals surface area contributed by atoms with Crippen molar-refractivity contribution in [2.45, 2.75) is 18.9 Å². The summed E-state index contributed by atoms with van der Waals surface area (Å²) in [4.78, 5) is 11.4. The van der Waals surface area contributed by atoms with Crippen LogP contribution in [0.5, 0.6) is 0 Å². The second-order valence-corrected chi connectivity index (χ2v) is 6.39. The number of halogens is 2. The van der Waals surface area contributed by atoms with E-state index >= 15 is 0 Å². The molecule has 0 saturated heterocycles. The van der Waals surface area contributed by atoms with Crippen molar-refractivity contribution < 1.29 is 9.31 Å². The lowest BCUT2D eigenvalue weighted by Gasteiger charge is -2.14. The molecule has 1 N–H and O–H groups in total. The van der Waals surface area contributed by atoms with Gasteiger partial charge in [0.2, 0.25) is 0 Å². The first-order valence-electron chi connectivity index (χ1n) is 6.02. The number of nitrogens with zero attached hydrogens (tertiary/aromatic N) is 1. The minimum atomic E-state index is -0.622. The number of aryl methyl sites for hydroxylation is 1. The number of rotatable bonds is 3. The molecule has 0 bridgehead atoms. The van der Waals surface area contributed by atoms with E-state index in [1.165, 1.54) is 17.0 Å². The predicted octanol–water partition coefficient (Wildman–Crippen LogP) is 4.55. The molecule has 1 unspecified atom stereocenters. The van der Waals surface area contributed by atoms with Crippen molar-refractivity contribution >= 4 is 34.3 Å². The molecule has 0 saturated carbocycles. The lowest BCUT2D eigenvalue weighted by molar-refractivity contribution is -0.385. The molecule has 2 aromatic rings. The van der Waals surface area contributed by atoms with Crippen LogP contribution in [0.3, 0.4) is 0 Å². The van der Waals surface area contributed by atoms with E-state index in [0.29, 0.717) is 5.69 Å². The number of benzene rings is 1. The molecule has 1 aromatic heterocycles. The summed E-state index contributed by atoms with van der Waals surface area (Å²) in [5.74, 6) is -0.622. The Hall–Kier alpha value is -1.66. The largest absolute Gasteiger partial charge is 0.378 e. The molecule has 1 aliphatic rings. The number of non-ortho nitro benzene ring substituents is 1. The molecular formula is C13H10ClFN2O2S. The van der Waals surface area contributed by atoms with Crippen LogP contribution >= 0.6 is 22.9 Å². The lowest BCUT2D eigenvalue weighted by atomic mass is 10.1. The molecule has 1 atom stereocenters. The first-order chi connectivity index (χ1) is 9.52. The van der Waals surface area contributed by atoms with Crippen LogP contribution in [0.1, 0.15) is 22.9 Å². The summed E-state index contributed by atoms with van der Waals surface area (Å²) in [6, 6.07) is 5.44. The number of nitro benzene ring substituents is 1. The lowest BCUT2D eigenvalue weighted by Crippen LogP contribution is -2.07.